The average Bonchev–Trinajstić information content (AvgIpc) is 2.81. The van der Waals surface area contributed by atoms with Crippen LogP contribution < -0.4 is 21.7 Å². The van der Waals surface area contributed by atoms with E-state index in [0.717, 1.165) is 5.69 Å². The second-order valence-electron chi connectivity index (χ2n) is 7.14. The predicted molar refractivity (Wildman–Crippen MR) is 121 cm³/mol. The van der Waals surface area contributed by atoms with Crippen molar-refractivity contribution in [1.82, 2.24) is 25.3 Å². The maximum absolute atomic E-state index is 12.5. The molecule has 0 aliphatic rings. The summed E-state index contributed by atoms with van der Waals surface area (Å²) in [5.74, 6) is -0.898. The quantitative estimate of drug-likeness (QED) is 0.268. The first-order valence-corrected chi connectivity index (χ1v) is 9.92. The summed E-state index contributed by atoms with van der Waals surface area (Å²) in [6, 6.07) is 5.84. The van der Waals surface area contributed by atoms with Crippen LogP contribution in [0.15, 0.2) is 30.5 Å². The first-order chi connectivity index (χ1) is 15.8. The third kappa shape index (κ3) is 6.36. The molecule has 2 aromatic heterocycles. The van der Waals surface area contributed by atoms with E-state index >= 15 is 0 Å². The van der Waals surface area contributed by atoms with Gasteiger partial charge in [0.2, 0.25) is 5.95 Å². The van der Waals surface area contributed by atoms with Gasteiger partial charge in [0.05, 0.1) is 25.5 Å². The molecule has 3 aromatic rings. The molecule has 0 saturated heterocycles. The van der Waals surface area contributed by atoms with E-state index in [0.29, 0.717) is 29.0 Å². The van der Waals surface area contributed by atoms with Gasteiger partial charge in [-0.1, -0.05) is 0 Å². The molecule has 181 valence electrons. The fourth-order valence-corrected chi connectivity index (χ4v) is 3.10. The Morgan fingerprint density at radius 2 is 1.88 bits per heavy atom. The minimum absolute atomic E-state index is 0. The van der Waals surface area contributed by atoms with Gasteiger partial charge in [-0.2, -0.15) is 9.97 Å². The van der Waals surface area contributed by atoms with Crippen molar-refractivity contribution in [3.05, 3.63) is 41.7 Å². The number of hydrogen-bond acceptors (Lipinski definition) is 11. The number of nitrogen functional groups attached to an aromatic ring is 2. The molecule has 1 unspecified atom stereocenters. The first-order valence-electron chi connectivity index (χ1n) is 9.92. The molecule has 12 nitrogen and oxygen atoms in total. The molecule has 0 bridgehead atoms. The Labute approximate surface area is 205 Å². The third-order valence-electron chi connectivity index (χ3n) is 4.80. The molecule has 0 spiro atoms. The van der Waals surface area contributed by atoms with E-state index in [1.807, 2.05) is 11.9 Å². The van der Waals surface area contributed by atoms with Gasteiger partial charge >= 0.3 is 5.97 Å². The van der Waals surface area contributed by atoms with Crippen LogP contribution in [-0.4, -0.2) is 58.3 Å². The van der Waals surface area contributed by atoms with Gasteiger partial charge in [0.15, 0.2) is 17.0 Å². The van der Waals surface area contributed by atoms with Crippen LogP contribution in [-0.2, 0) is 37.6 Å². The van der Waals surface area contributed by atoms with Crippen molar-refractivity contribution in [2.75, 3.05) is 30.5 Å². The number of carbonyl (C=O) groups is 2. The number of methoxy groups -OCH3 is 1. The zero-order valence-electron chi connectivity index (χ0n) is 18.4. The number of nitrogens with zero attached hydrogens (tertiary/aromatic N) is 5. The number of hydrogen-bond donors (Lipinski definition) is 3. The Kier molecular flexibility index (Phi) is 9.21. The zero-order chi connectivity index (χ0) is 24.0. The number of benzene rings is 1. The molecular weight excluding hydrogens is 487 g/mol. The van der Waals surface area contributed by atoms with Gasteiger partial charge < -0.3 is 31.2 Å². The van der Waals surface area contributed by atoms with Crippen molar-refractivity contribution in [1.29, 1.82) is 0 Å². The molecule has 0 fully saturated rings. The molecule has 13 heteroatoms. The monoisotopic (exact) mass is 510 g/mol. The summed E-state index contributed by atoms with van der Waals surface area (Å²) in [4.78, 5) is 53.3. The number of anilines is 3. The van der Waals surface area contributed by atoms with E-state index in [9.17, 15) is 14.4 Å². The maximum atomic E-state index is 12.5. The summed E-state index contributed by atoms with van der Waals surface area (Å²) in [7, 11) is 3.07. The number of nitrogens with two attached hydrogens (primary N) is 2. The number of amides is 1. The van der Waals surface area contributed by atoms with Crippen LogP contribution in [0.2, 0.25) is 0 Å². The first kappa shape index (κ1) is 26.4. The van der Waals surface area contributed by atoms with E-state index in [4.69, 9.17) is 11.5 Å². The van der Waals surface area contributed by atoms with Crippen LogP contribution in [0.1, 0.15) is 28.9 Å². The van der Waals surface area contributed by atoms with Crippen molar-refractivity contribution < 1.29 is 35.9 Å². The number of aromatic nitrogens is 4. The van der Waals surface area contributed by atoms with Crippen LogP contribution in [0.3, 0.4) is 0 Å². The van der Waals surface area contributed by atoms with Gasteiger partial charge in [0.1, 0.15) is 6.04 Å². The Bertz CT molecular complexity index is 1180. The van der Waals surface area contributed by atoms with Gasteiger partial charge in [-0.05, 0) is 30.7 Å². The van der Waals surface area contributed by atoms with Gasteiger partial charge in [0, 0.05) is 35.1 Å². The minimum Gasteiger partial charge on any atom is -0.542 e. The topological polar surface area (TPSA) is 179 Å². The Morgan fingerprint density at radius 1 is 1.18 bits per heavy atom. The third-order valence-corrected chi connectivity index (χ3v) is 4.80. The summed E-state index contributed by atoms with van der Waals surface area (Å²) in [5, 5.41) is 2.58. The van der Waals surface area contributed by atoms with E-state index in [2.05, 4.69) is 30.0 Å². The molecule has 1 atom stereocenters. The van der Waals surface area contributed by atoms with Gasteiger partial charge in [0.25, 0.3) is 5.91 Å². The van der Waals surface area contributed by atoms with E-state index in [-0.39, 0.29) is 41.4 Å². The minimum atomic E-state index is -0.926. The van der Waals surface area contributed by atoms with Gasteiger partial charge in [-0.25, -0.2) is 14.8 Å². The Morgan fingerprint density at radius 3 is 2.53 bits per heavy atom. The van der Waals surface area contributed by atoms with E-state index in [1.165, 1.54) is 7.11 Å². The van der Waals surface area contributed by atoms with Crippen molar-refractivity contribution >= 4 is 46.8 Å². The molecule has 0 saturated carbocycles. The van der Waals surface area contributed by atoms with Crippen LogP contribution in [0, 0.1) is 0 Å². The summed E-state index contributed by atoms with van der Waals surface area (Å²) in [6.07, 6.45) is 3.40. The molecule has 2 heterocycles. The van der Waals surface area contributed by atoms with Crippen molar-refractivity contribution in [3.8, 4) is 0 Å². The number of nitrogens with one attached hydrogen (secondary N) is 1. The van der Waals surface area contributed by atoms with E-state index in [1.54, 1.807) is 36.7 Å². The standard InChI is InChI=1S/C21H23N8O4.Co/c1-29(11-13-10-24-18-16(25-13)17(22)27-21(23)28-18)14-7-5-12(6-8-14)19(31)26-15(4-3-9-30)20(32)33-2;/h5-8,10,15H,3-4,11H2,1-2H3,(H,26,31)(H4,22,23,24,27,28);/q-1;. The second-order valence-corrected chi connectivity index (χ2v) is 7.14. The van der Waals surface area contributed by atoms with E-state index < -0.39 is 17.9 Å². The largest absolute Gasteiger partial charge is 0.542 e. The molecule has 0 aliphatic carbocycles. The number of carbonyl (C=O) groups excluding carboxylic acids is 3. The fourth-order valence-electron chi connectivity index (χ4n) is 3.10. The number of fused-ring (bicyclic) bond motifs is 1. The summed E-state index contributed by atoms with van der Waals surface area (Å²) < 4.78 is 4.67. The summed E-state index contributed by atoms with van der Waals surface area (Å²) in [6.45, 7) is 0.408. The maximum Gasteiger partial charge on any atom is 0.328 e. The number of rotatable bonds is 9. The number of esters is 1. The Hall–Kier alpha value is -3.84. The molecule has 1 amide bonds. The molecular formula is C21H23CoN8O4-. The molecule has 3 rings (SSSR count). The fraction of sp³-hybridized carbons (Fsp3) is 0.286. The molecule has 34 heavy (non-hydrogen) atoms. The predicted octanol–water partition coefficient (Wildman–Crippen LogP) is 0.379. The van der Waals surface area contributed by atoms with Crippen molar-refractivity contribution in [2.24, 2.45) is 0 Å². The molecule has 1 radical (unpaired) electrons. The second kappa shape index (κ2) is 11.9. The normalized spacial score (nSPS) is 11.2. The van der Waals surface area contributed by atoms with Crippen LogP contribution >= 0.6 is 0 Å². The smallest absolute Gasteiger partial charge is 0.328 e. The SMILES string of the molecule is COC(=O)C(CC[C-]=O)NC(=O)c1ccc(N(C)Cc2cnc3nc(N)nc(N)c3n2)cc1.[Co]. The van der Waals surface area contributed by atoms with Crippen molar-refractivity contribution in [2.45, 2.75) is 25.4 Å². The van der Waals surface area contributed by atoms with Crippen LogP contribution in [0.25, 0.3) is 11.2 Å². The Balaban J connectivity index is 0.00000408. The van der Waals surface area contributed by atoms with Gasteiger partial charge in [-0.3, -0.25) is 11.1 Å². The van der Waals surface area contributed by atoms with Gasteiger partial charge in [-0.15, -0.1) is 6.42 Å². The molecule has 1 aromatic carbocycles. The summed E-state index contributed by atoms with van der Waals surface area (Å²) >= 11 is 0. The summed E-state index contributed by atoms with van der Waals surface area (Å²) in [5.41, 5.74) is 13.9. The van der Waals surface area contributed by atoms with Crippen molar-refractivity contribution in [3.63, 3.8) is 0 Å². The zero-order valence-corrected chi connectivity index (χ0v) is 19.5. The number of ether oxygens (including phenoxy) is 1. The molecule has 5 N–H and O–H groups in total. The van der Waals surface area contributed by atoms with Crippen LogP contribution in [0.5, 0.6) is 0 Å². The molecule has 0 aliphatic heterocycles. The van der Waals surface area contributed by atoms with Crippen LogP contribution in [0.4, 0.5) is 17.5 Å². The average molecular weight is 510 g/mol.